The maximum absolute atomic E-state index is 12.9. The Bertz CT molecular complexity index is 1060. The number of aryl methyl sites for hydroxylation is 1. The van der Waals surface area contributed by atoms with Gasteiger partial charge in [-0.1, -0.05) is 35.0 Å². The van der Waals surface area contributed by atoms with Crippen LogP contribution in [-0.4, -0.2) is 58.1 Å². The molecule has 1 saturated carbocycles. The summed E-state index contributed by atoms with van der Waals surface area (Å²) in [5, 5.41) is 4.12. The lowest BCUT2D eigenvalue weighted by Crippen LogP contribution is -2.48. The van der Waals surface area contributed by atoms with Crippen molar-refractivity contribution in [3.8, 4) is 17.1 Å². The zero-order valence-electron chi connectivity index (χ0n) is 19.1. The molecule has 0 N–H and O–H groups in total. The van der Waals surface area contributed by atoms with Crippen LogP contribution in [0.25, 0.3) is 11.4 Å². The molecular weight excluding hydrogens is 416 g/mol. The second-order valence-corrected chi connectivity index (χ2v) is 8.99. The summed E-state index contributed by atoms with van der Waals surface area (Å²) in [6.07, 6.45) is 5.07. The van der Waals surface area contributed by atoms with Crippen LogP contribution in [0.3, 0.4) is 0 Å². The first-order valence-electron chi connectivity index (χ1n) is 11.8. The molecule has 1 aliphatic heterocycles. The van der Waals surface area contributed by atoms with Crippen molar-refractivity contribution in [3.63, 3.8) is 0 Å². The van der Waals surface area contributed by atoms with Crippen LogP contribution in [0, 0.1) is 6.92 Å². The first kappa shape index (κ1) is 21.6. The average Bonchev–Trinajstić information content (AvgIpc) is 3.53. The Morgan fingerprint density at radius 3 is 2.39 bits per heavy atom. The van der Waals surface area contributed by atoms with Gasteiger partial charge in [0.1, 0.15) is 5.75 Å². The average molecular weight is 447 g/mol. The lowest BCUT2D eigenvalue weighted by atomic mass is 10.1. The van der Waals surface area contributed by atoms with E-state index in [1.165, 1.54) is 18.4 Å². The molecule has 2 heterocycles. The van der Waals surface area contributed by atoms with E-state index in [4.69, 9.17) is 9.26 Å². The van der Waals surface area contributed by atoms with E-state index in [0.717, 1.165) is 37.2 Å². The van der Waals surface area contributed by atoms with E-state index in [9.17, 15) is 4.79 Å². The third-order valence-corrected chi connectivity index (χ3v) is 6.50. The van der Waals surface area contributed by atoms with Gasteiger partial charge in [0.2, 0.25) is 11.7 Å². The molecule has 1 aliphatic carbocycles. The van der Waals surface area contributed by atoms with Gasteiger partial charge in [0.15, 0.2) is 0 Å². The molecule has 0 bridgehead atoms. The fraction of sp³-hybridized carbons (Fsp3) is 0.423. The number of aromatic nitrogens is 2. The molecular formula is C26H30N4O3. The summed E-state index contributed by atoms with van der Waals surface area (Å²) in [5.74, 6) is 2.14. The van der Waals surface area contributed by atoms with Crippen LogP contribution in [0.15, 0.2) is 53.1 Å². The monoisotopic (exact) mass is 446 g/mol. The second-order valence-electron chi connectivity index (χ2n) is 8.99. The van der Waals surface area contributed by atoms with E-state index in [-0.39, 0.29) is 5.91 Å². The van der Waals surface area contributed by atoms with E-state index in [1.54, 1.807) is 0 Å². The summed E-state index contributed by atoms with van der Waals surface area (Å²) in [6.45, 7) is 5.55. The molecule has 1 amide bonds. The number of nitrogens with zero attached hydrogens (tertiary/aromatic N) is 4. The molecule has 7 heteroatoms. The third kappa shape index (κ3) is 5.25. The van der Waals surface area contributed by atoms with Crippen LogP contribution in [0.1, 0.15) is 47.5 Å². The molecule has 2 aliphatic rings. The van der Waals surface area contributed by atoms with Crippen LogP contribution in [0.5, 0.6) is 5.75 Å². The Morgan fingerprint density at radius 2 is 1.70 bits per heavy atom. The van der Waals surface area contributed by atoms with Crippen molar-refractivity contribution in [3.05, 3.63) is 65.5 Å². The summed E-state index contributed by atoms with van der Waals surface area (Å²) in [6, 6.07) is 15.7. The number of carbonyl (C=O) groups excluding carboxylic acids is 1. The van der Waals surface area contributed by atoms with Gasteiger partial charge < -0.3 is 14.2 Å². The van der Waals surface area contributed by atoms with Crippen molar-refractivity contribution < 1.29 is 14.1 Å². The van der Waals surface area contributed by atoms with Crippen molar-refractivity contribution in [2.24, 2.45) is 0 Å². The zero-order valence-corrected chi connectivity index (χ0v) is 19.1. The van der Waals surface area contributed by atoms with Crippen molar-refractivity contribution >= 4 is 5.91 Å². The number of hydrogen-bond acceptors (Lipinski definition) is 6. The van der Waals surface area contributed by atoms with Crippen molar-refractivity contribution in [1.29, 1.82) is 0 Å². The molecule has 1 saturated heterocycles. The van der Waals surface area contributed by atoms with Crippen LogP contribution >= 0.6 is 0 Å². The minimum Gasteiger partial charge on any atom is -0.490 e. The second kappa shape index (κ2) is 9.75. The van der Waals surface area contributed by atoms with Gasteiger partial charge in [0, 0.05) is 37.3 Å². The first-order chi connectivity index (χ1) is 16.1. The van der Waals surface area contributed by atoms with Crippen molar-refractivity contribution in [1.82, 2.24) is 19.9 Å². The fourth-order valence-corrected chi connectivity index (χ4v) is 4.50. The summed E-state index contributed by atoms with van der Waals surface area (Å²) in [5.41, 5.74) is 2.86. The largest absolute Gasteiger partial charge is 0.490 e. The Balaban J connectivity index is 1.12. The number of hydrogen-bond donors (Lipinski definition) is 0. The number of benzene rings is 2. The molecule has 0 atom stereocenters. The minimum absolute atomic E-state index is 0.0708. The zero-order chi connectivity index (χ0) is 22.6. The highest BCUT2D eigenvalue weighted by Crippen LogP contribution is 2.24. The van der Waals surface area contributed by atoms with E-state index in [2.05, 4.69) is 22.0 Å². The predicted octanol–water partition coefficient (Wildman–Crippen LogP) is 4.32. The lowest BCUT2D eigenvalue weighted by Gasteiger charge is -2.34. The third-order valence-electron chi connectivity index (χ3n) is 6.50. The minimum atomic E-state index is 0.0708. The quantitative estimate of drug-likeness (QED) is 0.561. The maximum Gasteiger partial charge on any atom is 0.253 e. The fourth-order valence-electron chi connectivity index (χ4n) is 4.50. The topological polar surface area (TPSA) is 71.7 Å². The molecule has 0 radical (unpaired) electrons. The van der Waals surface area contributed by atoms with E-state index in [1.807, 2.05) is 53.4 Å². The Morgan fingerprint density at radius 1 is 1.00 bits per heavy atom. The van der Waals surface area contributed by atoms with Gasteiger partial charge in [-0.3, -0.25) is 9.69 Å². The molecule has 7 nitrogen and oxygen atoms in total. The molecule has 3 aromatic rings. The molecule has 2 fully saturated rings. The number of amides is 1. The lowest BCUT2D eigenvalue weighted by molar-refractivity contribution is 0.0615. The molecule has 33 heavy (non-hydrogen) atoms. The van der Waals surface area contributed by atoms with Gasteiger partial charge >= 0.3 is 0 Å². The van der Waals surface area contributed by atoms with Gasteiger partial charge in [-0.25, -0.2) is 0 Å². The number of ether oxygens (including phenoxy) is 1. The van der Waals surface area contributed by atoms with E-state index < -0.39 is 0 Å². The van der Waals surface area contributed by atoms with Crippen LogP contribution < -0.4 is 4.74 Å². The maximum atomic E-state index is 12.9. The summed E-state index contributed by atoms with van der Waals surface area (Å²) in [4.78, 5) is 21.6. The van der Waals surface area contributed by atoms with Crippen LogP contribution in [-0.2, 0) is 6.54 Å². The Hall–Kier alpha value is -3.19. The molecule has 0 spiro atoms. The molecule has 172 valence electrons. The molecule has 0 unspecified atom stereocenters. The normalized spacial score (nSPS) is 17.4. The Labute approximate surface area is 194 Å². The predicted molar refractivity (Wildman–Crippen MR) is 125 cm³/mol. The van der Waals surface area contributed by atoms with Crippen LogP contribution in [0.4, 0.5) is 0 Å². The molecule has 2 aromatic carbocycles. The highest BCUT2D eigenvalue weighted by molar-refractivity contribution is 5.94. The summed E-state index contributed by atoms with van der Waals surface area (Å²) in [7, 11) is 0. The summed E-state index contributed by atoms with van der Waals surface area (Å²) >= 11 is 0. The van der Waals surface area contributed by atoms with Gasteiger partial charge in [-0.05, 0) is 56.9 Å². The summed E-state index contributed by atoms with van der Waals surface area (Å²) < 4.78 is 11.5. The van der Waals surface area contributed by atoms with E-state index in [0.29, 0.717) is 43.0 Å². The molecule has 5 rings (SSSR count). The smallest absolute Gasteiger partial charge is 0.253 e. The van der Waals surface area contributed by atoms with Gasteiger partial charge in [0.25, 0.3) is 5.91 Å². The highest BCUT2D eigenvalue weighted by atomic mass is 16.5. The van der Waals surface area contributed by atoms with Crippen molar-refractivity contribution in [2.75, 3.05) is 26.2 Å². The van der Waals surface area contributed by atoms with Crippen LogP contribution in [0.2, 0.25) is 0 Å². The first-order valence-corrected chi connectivity index (χ1v) is 11.8. The Kier molecular flexibility index (Phi) is 6.39. The SMILES string of the molecule is Cc1ccc(-c2noc(CN3CCN(C(=O)c4ccc(OC5CCCC5)cc4)CC3)n2)cc1. The number of carbonyl (C=O) groups is 1. The number of piperazine rings is 1. The van der Waals surface area contributed by atoms with Gasteiger partial charge in [0.05, 0.1) is 12.6 Å². The van der Waals surface area contributed by atoms with Crippen molar-refractivity contribution in [2.45, 2.75) is 45.3 Å². The van der Waals surface area contributed by atoms with E-state index >= 15 is 0 Å². The highest BCUT2D eigenvalue weighted by Gasteiger charge is 2.24. The van der Waals surface area contributed by atoms with Gasteiger partial charge in [-0.15, -0.1) is 0 Å². The number of rotatable bonds is 6. The van der Waals surface area contributed by atoms with Gasteiger partial charge in [-0.2, -0.15) is 4.98 Å². The standard InChI is InChI=1S/C26H30N4O3/c1-19-6-8-20(9-7-19)25-27-24(33-28-25)18-29-14-16-30(17-15-29)26(31)21-10-12-23(13-11-21)32-22-4-2-3-5-22/h6-13,22H,2-5,14-18H2,1H3. The molecule has 1 aromatic heterocycles.